The van der Waals surface area contributed by atoms with Gasteiger partial charge >= 0.3 is 0 Å². The van der Waals surface area contributed by atoms with E-state index in [0.717, 1.165) is 30.7 Å². The average Bonchev–Trinajstić information content (AvgIpc) is 2.62. The molecule has 1 fully saturated rings. The Morgan fingerprint density at radius 3 is 2.95 bits per heavy atom. The van der Waals surface area contributed by atoms with E-state index in [1.54, 1.807) is 0 Å². The third kappa shape index (κ3) is 3.83. The molecule has 0 spiro atoms. The van der Waals surface area contributed by atoms with Crippen molar-refractivity contribution in [1.82, 2.24) is 10.2 Å². The summed E-state index contributed by atoms with van der Waals surface area (Å²) in [5.41, 5.74) is 1.27. The van der Waals surface area contributed by atoms with E-state index in [4.69, 9.17) is 4.42 Å². The summed E-state index contributed by atoms with van der Waals surface area (Å²) in [7, 11) is 1.96. The van der Waals surface area contributed by atoms with Gasteiger partial charge in [-0.3, -0.25) is 4.90 Å². The van der Waals surface area contributed by atoms with Gasteiger partial charge in [0, 0.05) is 6.04 Å². The maximum absolute atomic E-state index is 5.99. The van der Waals surface area contributed by atoms with Crippen molar-refractivity contribution in [2.45, 2.75) is 65.1 Å². The van der Waals surface area contributed by atoms with Gasteiger partial charge in [-0.05, 0) is 51.4 Å². The van der Waals surface area contributed by atoms with Crippen LogP contribution in [0.4, 0.5) is 0 Å². The standard InChI is InChI=1S/C16H28N2O/c1-4-14-8-6-5-7-9-18(14)12-15-10-13(2)16(19-15)11-17-3/h10,14,17H,4-9,11-12H2,1-3H3. The van der Waals surface area contributed by atoms with Crippen LogP contribution in [-0.4, -0.2) is 24.5 Å². The lowest BCUT2D eigenvalue weighted by Crippen LogP contribution is -2.33. The fraction of sp³-hybridized carbons (Fsp3) is 0.750. The highest BCUT2D eigenvalue weighted by Gasteiger charge is 2.21. The van der Waals surface area contributed by atoms with Gasteiger partial charge in [0.25, 0.3) is 0 Å². The van der Waals surface area contributed by atoms with E-state index in [9.17, 15) is 0 Å². The zero-order chi connectivity index (χ0) is 13.7. The van der Waals surface area contributed by atoms with E-state index in [0.29, 0.717) is 0 Å². The van der Waals surface area contributed by atoms with E-state index >= 15 is 0 Å². The van der Waals surface area contributed by atoms with Gasteiger partial charge in [-0.15, -0.1) is 0 Å². The molecule has 0 bridgehead atoms. The first-order chi connectivity index (χ1) is 9.24. The van der Waals surface area contributed by atoms with Crippen molar-refractivity contribution in [3.8, 4) is 0 Å². The molecule has 0 saturated carbocycles. The van der Waals surface area contributed by atoms with Gasteiger partial charge < -0.3 is 9.73 Å². The van der Waals surface area contributed by atoms with Crippen molar-refractivity contribution in [2.75, 3.05) is 13.6 Å². The van der Waals surface area contributed by atoms with Crippen LogP contribution in [0.3, 0.4) is 0 Å². The van der Waals surface area contributed by atoms with Gasteiger partial charge in [0.15, 0.2) is 0 Å². The van der Waals surface area contributed by atoms with E-state index in [1.807, 2.05) is 7.05 Å². The first-order valence-electron chi connectivity index (χ1n) is 7.71. The van der Waals surface area contributed by atoms with Gasteiger partial charge in [0.2, 0.25) is 0 Å². The molecule has 1 aliphatic heterocycles. The molecule has 1 N–H and O–H groups in total. The van der Waals surface area contributed by atoms with Crippen molar-refractivity contribution in [2.24, 2.45) is 0 Å². The summed E-state index contributed by atoms with van der Waals surface area (Å²) < 4.78 is 5.99. The number of rotatable bonds is 5. The van der Waals surface area contributed by atoms with Gasteiger partial charge in [-0.1, -0.05) is 19.8 Å². The Labute approximate surface area is 117 Å². The molecular formula is C16H28N2O. The van der Waals surface area contributed by atoms with Gasteiger partial charge in [-0.2, -0.15) is 0 Å². The third-order valence-electron chi connectivity index (χ3n) is 4.24. The average molecular weight is 264 g/mol. The second-order valence-electron chi connectivity index (χ2n) is 5.73. The molecule has 3 nitrogen and oxygen atoms in total. The highest BCUT2D eigenvalue weighted by atomic mass is 16.3. The Morgan fingerprint density at radius 2 is 2.21 bits per heavy atom. The second kappa shape index (κ2) is 7.11. The second-order valence-corrected chi connectivity index (χ2v) is 5.73. The quantitative estimate of drug-likeness (QED) is 0.883. The minimum atomic E-state index is 0.737. The highest BCUT2D eigenvalue weighted by Crippen LogP contribution is 2.23. The Balaban J connectivity index is 2.03. The number of hydrogen-bond acceptors (Lipinski definition) is 3. The number of hydrogen-bond donors (Lipinski definition) is 1. The maximum atomic E-state index is 5.99. The Bertz CT molecular complexity index is 386. The highest BCUT2D eigenvalue weighted by molar-refractivity contribution is 5.20. The Kier molecular flexibility index (Phi) is 5.46. The third-order valence-corrected chi connectivity index (χ3v) is 4.24. The van der Waals surface area contributed by atoms with Gasteiger partial charge in [-0.25, -0.2) is 0 Å². The lowest BCUT2D eigenvalue weighted by molar-refractivity contribution is 0.171. The molecule has 2 heterocycles. The summed E-state index contributed by atoms with van der Waals surface area (Å²) >= 11 is 0. The molecule has 19 heavy (non-hydrogen) atoms. The Morgan fingerprint density at radius 1 is 1.37 bits per heavy atom. The summed E-state index contributed by atoms with van der Waals surface area (Å²) in [6, 6.07) is 2.95. The monoisotopic (exact) mass is 264 g/mol. The molecular weight excluding hydrogens is 236 g/mol. The topological polar surface area (TPSA) is 28.4 Å². The molecule has 0 aliphatic carbocycles. The number of aryl methyl sites for hydroxylation is 1. The molecule has 1 aliphatic rings. The SMILES string of the molecule is CCC1CCCCCN1Cc1cc(C)c(CNC)o1. The van der Waals surface area contributed by atoms with Crippen LogP contribution in [0.5, 0.6) is 0 Å². The molecule has 1 unspecified atom stereocenters. The first kappa shape index (κ1) is 14.6. The van der Waals surface area contributed by atoms with E-state index in [2.05, 4.69) is 30.1 Å². The molecule has 2 rings (SSSR count). The Hall–Kier alpha value is -0.800. The van der Waals surface area contributed by atoms with Crippen LogP contribution in [-0.2, 0) is 13.1 Å². The van der Waals surface area contributed by atoms with Gasteiger partial charge in [0.05, 0.1) is 13.1 Å². The van der Waals surface area contributed by atoms with Crippen LogP contribution in [0.25, 0.3) is 0 Å². The normalized spacial score (nSPS) is 21.5. The fourth-order valence-corrected chi connectivity index (χ4v) is 3.11. The van der Waals surface area contributed by atoms with Crippen LogP contribution in [0.1, 0.15) is 56.1 Å². The molecule has 1 aromatic heterocycles. The predicted octanol–water partition coefficient (Wildman–Crippen LogP) is 3.46. The van der Waals surface area contributed by atoms with Crippen LogP contribution >= 0.6 is 0 Å². The molecule has 0 radical (unpaired) electrons. The molecule has 0 aromatic carbocycles. The van der Waals surface area contributed by atoms with Crippen molar-refractivity contribution in [3.63, 3.8) is 0 Å². The lowest BCUT2D eigenvalue weighted by atomic mass is 10.1. The number of nitrogens with zero attached hydrogens (tertiary/aromatic N) is 1. The van der Waals surface area contributed by atoms with Crippen molar-refractivity contribution >= 4 is 0 Å². The largest absolute Gasteiger partial charge is 0.463 e. The predicted molar refractivity (Wildman–Crippen MR) is 79.2 cm³/mol. The van der Waals surface area contributed by atoms with E-state index in [-0.39, 0.29) is 0 Å². The van der Waals surface area contributed by atoms with E-state index in [1.165, 1.54) is 44.2 Å². The number of furan rings is 1. The zero-order valence-electron chi connectivity index (χ0n) is 12.7. The maximum Gasteiger partial charge on any atom is 0.120 e. The van der Waals surface area contributed by atoms with Crippen LogP contribution < -0.4 is 5.32 Å². The van der Waals surface area contributed by atoms with Crippen molar-refractivity contribution in [3.05, 3.63) is 23.2 Å². The summed E-state index contributed by atoms with van der Waals surface area (Å²) in [5.74, 6) is 2.21. The number of likely N-dealkylation sites (tertiary alicyclic amines) is 1. The van der Waals surface area contributed by atoms with Crippen molar-refractivity contribution < 1.29 is 4.42 Å². The first-order valence-corrected chi connectivity index (χ1v) is 7.71. The molecule has 1 saturated heterocycles. The summed E-state index contributed by atoms with van der Waals surface area (Å²) in [4.78, 5) is 2.62. The molecule has 3 heteroatoms. The summed E-state index contributed by atoms with van der Waals surface area (Å²) in [6.45, 7) is 7.47. The van der Waals surface area contributed by atoms with Crippen LogP contribution in [0.2, 0.25) is 0 Å². The number of nitrogens with one attached hydrogen (secondary N) is 1. The minimum absolute atomic E-state index is 0.737. The summed E-state index contributed by atoms with van der Waals surface area (Å²) in [6.07, 6.45) is 6.70. The fourth-order valence-electron chi connectivity index (χ4n) is 3.11. The van der Waals surface area contributed by atoms with Gasteiger partial charge in [0.1, 0.15) is 11.5 Å². The smallest absolute Gasteiger partial charge is 0.120 e. The lowest BCUT2D eigenvalue weighted by Gasteiger charge is -2.28. The molecule has 108 valence electrons. The van der Waals surface area contributed by atoms with E-state index < -0.39 is 0 Å². The zero-order valence-corrected chi connectivity index (χ0v) is 12.7. The minimum Gasteiger partial charge on any atom is -0.463 e. The molecule has 0 amide bonds. The molecule has 1 aromatic rings. The van der Waals surface area contributed by atoms with Crippen LogP contribution in [0.15, 0.2) is 10.5 Å². The van der Waals surface area contributed by atoms with Crippen molar-refractivity contribution in [1.29, 1.82) is 0 Å². The molecule has 1 atom stereocenters. The van der Waals surface area contributed by atoms with Crippen LogP contribution in [0, 0.1) is 6.92 Å². The summed E-state index contributed by atoms with van der Waals surface area (Å²) in [5, 5.41) is 3.16.